The number of hydrogen-bond donors (Lipinski definition) is 2. The monoisotopic (exact) mass is 434 g/mol. The fourth-order valence-electron chi connectivity index (χ4n) is 3.16. The third kappa shape index (κ3) is 7.19. The summed E-state index contributed by atoms with van der Waals surface area (Å²) in [5.74, 6) is 2.94. The van der Waals surface area contributed by atoms with E-state index in [1.807, 2.05) is 54.2 Å². The van der Waals surface area contributed by atoms with Gasteiger partial charge < -0.3 is 15.4 Å². The quantitative estimate of drug-likeness (QED) is 0.359. The summed E-state index contributed by atoms with van der Waals surface area (Å²) in [4.78, 5) is 0. The summed E-state index contributed by atoms with van der Waals surface area (Å²) in [6.07, 6.45) is 6.34. The van der Waals surface area contributed by atoms with Crippen molar-refractivity contribution in [2.45, 2.75) is 44.0 Å². The molecule has 6 heteroatoms. The van der Waals surface area contributed by atoms with Crippen molar-refractivity contribution in [3.05, 3.63) is 59.1 Å². The number of benzene rings is 2. The highest BCUT2D eigenvalue weighted by Gasteiger charge is 2.16. The molecule has 1 fully saturated rings. The summed E-state index contributed by atoms with van der Waals surface area (Å²) in [5, 5.41) is 7.99. The van der Waals surface area contributed by atoms with E-state index in [0.29, 0.717) is 11.2 Å². The molecule has 1 aliphatic carbocycles. The van der Waals surface area contributed by atoms with E-state index in [4.69, 9.17) is 28.6 Å². The number of rotatable bonds is 9. The molecule has 3 rings (SSSR count). The van der Waals surface area contributed by atoms with Gasteiger partial charge in [0.25, 0.3) is 0 Å². The second kappa shape index (κ2) is 11.5. The van der Waals surface area contributed by atoms with Crippen LogP contribution in [-0.2, 0) is 5.75 Å². The predicted octanol–water partition coefficient (Wildman–Crippen LogP) is 6.27. The third-order valence-electron chi connectivity index (χ3n) is 4.68. The van der Waals surface area contributed by atoms with Crippen molar-refractivity contribution in [2.75, 3.05) is 17.6 Å². The molecule has 0 aliphatic heterocycles. The van der Waals surface area contributed by atoms with Gasteiger partial charge in [0.05, 0.1) is 6.10 Å². The average Bonchev–Trinajstić information content (AvgIpc) is 3.20. The molecule has 0 bridgehead atoms. The fourth-order valence-corrected chi connectivity index (χ4v) is 4.63. The molecule has 2 aromatic carbocycles. The normalized spacial score (nSPS) is 14.0. The van der Waals surface area contributed by atoms with Gasteiger partial charge in [-0.2, -0.15) is 11.8 Å². The summed E-state index contributed by atoms with van der Waals surface area (Å²) >= 11 is 13.4. The summed E-state index contributed by atoms with van der Waals surface area (Å²) < 4.78 is 5.99. The minimum Gasteiger partial charge on any atom is -0.490 e. The maximum absolute atomic E-state index is 6.18. The van der Waals surface area contributed by atoms with E-state index >= 15 is 0 Å². The van der Waals surface area contributed by atoms with Gasteiger partial charge >= 0.3 is 0 Å². The Morgan fingerprint density at radius 2 is 1.86 bits per heavy atom. The van der Waals surface area contributed by atoms with Crippen molar-refractivity contribution in [1.29, 1.82) is 0 Å². The first-order valence-electron chi connectivity index (χ1n) is 9.83. The molecule has 0 spiro atoms. The van der Waals surface area contributed by atoms with Crippen molar-refractivity contribution in [2.24, 2.45) is 0 Å². The highest BCUT2D eigenvalue weighted by atomic mass is 35.5. The van der Waals surface area contributed by atoms with Crippen molar-refractivity contribution in [1.82, 2.24) is 5.32 Å². The Labute approximate surface area is 182 Å². The van der Waals surface area contributed by atoms with Gasteiger partial charge in [-0.05, 0) is 86.0 Å². The van der Waals surface area contributed by atoms with Gasteiger partial charge in [-0.3, -0.25) is 0 Å². The molecule has 28 heavy (non-hydrogen) atoms. The average molecular weight is 435 g/mol. The molecule has 1 aliphatic rings. The van der Waals surface area contributed by atoms with E-state index < -0.39 is 0 Å². The zero-order valence-electron chi connectivity index (χ0n) is 16.0. The standard InChI is InChI=1S/C22H27ClN2OS2/c23-21-9-4-1-6-17(21)16-28-15-5-14-24-22(27)25-18-10-12-20(13-11-18)26-19-7-2-3-8-19/h1,4,6,9-13,19H,2-3,5,7-8,14-16H2,(H2,24,25,27). The topological polar surface area (TPSA) is 33.3 Å². The smallest absolute Gasteiger partial charge is 0.170 e. The highest BCUT2D eigenvalue weighted by Crippen LogP contribution is 2.25. The van der Waals surface area contributed by atoms with Crippen LogP contribution in [0.1, 0.15) is 37.7 Å². The van der Waals surface area contributed by atoms with Crippen LogP contribution < -0.4 is 15.4 Å². The van der Waals surface area contributed by atoms with Crippen LogP contribution in [-0.4, -0.2) is 23.5 Å². The molecule has 0 amide bonds. The first-order valence-corrected chi connectivity index (χ1v) is 11.8. The SMILES string of the molecule is S=C(NCCCSCc1ccccc1Cl)Nc1ccc(OC2CCCC2)cc1. The van der Waals surface area contributed by atoms with Crippen LogP contribution in [0.2, 0.25) is 5.02 Å². The minimum absolute atomic E-state index is 0.386. The molecule has 0 atom stereocenters. The first kappa shape index (κ1) is 21.3. The van der Waals surface area contributed by atoms with E-state index in [1.165, 1.54) is 31.2 Å². The third-order valence-corrected chi connectivity index (χ3v) is 6.39. The molecule has 0 saturated heterocycles. The number of anilines is 1. The number of nitrogens with one attached hydrogen (secondary N) is 2. The number of hydrogen-bond acceptors (Lipinski definition) is 3. The first-order chi connectivity index (χ1) is 13.7. The van der Waals surface area contributed by atoms with Gasteiger partial charge in [0.15, 0.2) is 5.11 Å². The molecule has 0 radical (unpaired) electrons. The second-order valence-corrected chi connectivity index (χ2v) is 8.85. The van der Waals surface area contributed by atoms with Crippen LogP contribution in [0.25, 0.3) is 0 Å². The lowest BCUT2D eigenvalue weighted by Gasteiger charge is -2.14. The summed E-state index contributed by atoms with van der Waals surface area (Å²) in [6, 6.07) is 16.1. The molecule has 0 unspecified atom stereocenters. The summed E-state index contributed by atoms with van der Waals surface area (Å²) in [5.41, 5.74) is 2.17. The lowest BCUT2D eigenvalue weighted by atomic mass is 10.2. The van der Waals surface area contributed by atoms with Crippen LogP contribution in [0, 0.1) is 0 Å². The van der Waals surface area contributed by atoms with E-state index in [9.17, 15) is 0 Å². The molecular formula is C22H27ClN2OS2. The molecule has 2 aromatic rings. The molecule has 150 valence electrons. The molecule has 0 heterocycles. The van der Waals surface area contributed by atoms with Crippen molar-refractivity contribution in [3.8, 4) is 5.75 Å². The lowest BCUT2D eigenvalue weighted by Crippen LogP contribution is -2.29. The van der Waals surface area contributed by atoms with Gasteiger partial charge in [0.1, 0.15) is 5.75 Å². The van der Waals surface area contributed by atoms with E-state index in [-0.39, 0.29) is 0 Å². The van der Waals surface area contributed by atoms with E-state index in [2.05, 4.69) is 16.7 Å². The largest absolute Gasteiger partial charge is 0.490 e. The molecule has 1 saturated carbocycles. The maximum Gasteiger partial charge on any atom is 0.170 e. The van der Waals surface area contributed by atoms with Gasteiger partial charge in [-0.25, -0.2) is 0 Å². The zero-order valence-corrected chi connectivity index (χ0v) is 18.3. The lowest BCUT2D eigenvalue weighted by molar-refractivity contribution is 0.210. The molecule has 2 N–H and O–H groups in total. The maximum atomic E-state index is 6.18. The van der Waals surface area contributed by atoms with Crippen molar-refractivity contribution in [3.63, 3.8) is 0 Å². The van der Waals surface area contributed by atoms with Crippen LogP contribution >= 0.6 is 35.6 Å². The van der Waals surface area contributed by atoms with Crippen molar-refractivity contribution >= 4 is 46.4 Å². The van der Waals surface area contributed by atoms with E-state index in [1.54, 1.807) is 0 Å². The molecular weight excluding hydrogens is 408 g/mol. The predicted molar refractivity (Wildman–Crippen MR) is 126 cm³/mol. The summed E-state index contributed by atoms with van der Waals surface area (Å²) in [7, 11) is 0. The van der Waals surface area contributed by atoms with Crippen molar-refractivity contribution < 1.29 is 4.74 Å². The van der Waals surface area contributed by atoms with Crippen LogP contribution in [0.4, 0.5) is 5.69 Å². The van der Waals surface area contributed by atoms with Crippen LogP contribution in [0.5, 0.6) is 5.75 Å². The van der Waals surface area contributed by atoms with Crippen LogP contribution in [0.3, 0.4) is 0 Å². The Morgan fingerprint density at radius 1 is 1.11 bits per heavy atom. The van der Waals surface area contributed by atoms with E-state index in [0.717, 1.165) is 40.9 Å². The van der Waals surface area contributed by atoms with Gasteiger partial charge in [0, 0.05) is 23.0 Å². The fraction of sp³-hybridized carbons (Fsp3) is 0.409. The van der Waals surface area contributed by atoms with Gasteiger partial charge in [0.2, 0.25) is 0 Å². The molecule has 0 aromatic heterocycles. The zero-order chi connectivity index (χ0) is 19.6. The number of halogens is 1. The Balaban J connectivity index is 1.28. The highest BCUT2D eigenvalue weighted by molar-refractivity contribution is 7.98. The summed E-state index contributed by atoms with van der Waals surface area (Å²) in [6.45, 7) is 0.851. The Hall–Kier alpha value is -1.43. The number of thiocarbonyl (C=S) groups is 1. The Morgan fingerprint density at radius 3 is 2.61 bits per heavy atom. The Bertz CT molecular complexity index is 748. The van der Waals surface area contributed by atoms with Crippen LogP contribution in [0.15, 0.2) is 48.5 Å². The van der Waals surface area contributed by atoms with Gasteiger partial charge in [-0.1, -0.05) is 29.8 Å². The van der Waals surface area contributed by atoms with Gasteiger partial charge in [-0.15, -0.1) is 0 Å². The molecule has 3 nitrogen and oxygen atoms in total. The second-order valence-electron chi connectivity index (χ2n) is 6.93. The minimum atomic E-state index is 0.386. The number of thioether (sulfide) groups is 1. The Kier molecular flexibility index (Phi) is 8.77. The number of ether oxygens (including phenoxy) is 1.